The SMILES string of the molecule is O=C(CCS(=O)(=O)C1CCCC1)Nc1ccc(-n2cccn2)nc1. The molecule has 0 atom stereocenters. The Kier molecular flexibility index (Phi) is 4.94. The smallest absolute Gasteiger partial charge is 0.225 e. The van der Waals surface area contributed by atoms with Crippen LogP contribution in [0.25, 0.3) is 5.82 Å². The molecule has 3 rings (SSSR count). The molecule has 2 aromatic heterocycles. The highest BCUT2D eigenvalue weighted by molar-refractivity contribution is 7.92. The van der Waals surface area contributed by atoms with Crippen molar-refractivity contribution in [1.82, 2.24) is 14.8 Å². The minimum Gasteiger partial charge on any atom is -0.325 e. The van der Waals surface area contributed by atoms with Crippen LogP contribution in [0.15, 0.2) is 36.8 Å². The Morgan fingerprint density at radius 2 is 2.08 bits per heavy atom. The van der Waals surface area contributed by atoms with Gasteiger partial charge in [-0.3, -0.25) is 4.79 Å². The van der Waals surface area contributed by atoms with Crippen LogP contribution in [0.3, 0.4) is 0 Å². The molecule has 1 aliphatic rings. The van der Waals surface area contributed by atoms with E-state index in [4.69, 9.17) is 0 Å². The average molecular weight is 348 g/mol. The lowest BCUT2D eigenvalue weighted by atomic mass is 10.3. The number of sulfone groups is 1. The van der Waals surface area contributed by atoms with Crippen molar-refractivity contribution < 1.29 is 13.2 Å². The highest BCUT2D eigenvalue weighted by Crippen LogP contribution is 2.25. The van der Waals surface area contributed by atoms with Crippen LogP contribution in [0.2, 0.25) is 0 Å². The molecule has 0 spiro atoms. The molecule has 0 aliphatic heterocycles. The van der Waals surface area contributed by atoms with Gasteiger partial charge in [0.25, 0.3) is 0 Å². The molecule has 24 heavy (non-hydrogen) atoms. The summed E-state index contributed by atoms with van der Waals surface area (Å²) < 4.78 is 25.9. The van der Waals surface area contributed by atoms with Gasteiger partial charge in [0, 0.05) is 18.8 Å². The molecule has 1 amide bonds. The quantitative estimate of drug-likeness (QED) is 0.861. The van der Waals surface area contributed by atoms with Crippen LogP contribution >= 0.6 is 0 Å². The molecule has 2 heterocycles. The summed E-state index contributed by atoms with van der Waals surface area (Å²) in [7, 11) is -3.17. The van der Waals surface area contributed by atoms with E-state index in [-0.39, 0.29) is 23.3 Å². The van der Waals surface area contributed by atoms with E-state index in [0.717, 1.165) is 25.7 Å². The zero-order valence-electron chi connectivity index (χ0n) is 13.3. The molecular formula is C16H20N4O3S. The van der Waals surface area contributed by atoms with Gasteiger partial charge >= 0.3 is 0 Å². The van der Waals surface area contributed by atoms with E-state index in [9.17, 15) is 13.2 Å². The Hall–Kier alpha value is -2.22. The van der Waals surface area contributed by atoms with Gasteiger partial charge in [0.15, 0.2) is 15.7 Å². The third-order valence-electron chi connectivity index (χ3n) is 4.19. The molecule has 2 aromatic rings. The molecule has 0 aromatic carbocycles. The fraction of sp³-hybridized carbons (Fsp3) is 0.438. The van der Waals surface area contributed by atoms with Gasteiger partial charge in [0.1, 0.15) is 0 Å². The lowest BCUT2D eigenvalue weighted by molar-refractivity contribution is -0.115. The van der Waals surface area contributed by atoms with Crippen molar-refractivity contribution in [1.29, 1.82) is 0 Å². The fourth-order valence-corrected chi connectivity index (χ4v) is 4.73. The highest BCUT2D eigenvalue weighted by Gasteiger charge is 2.28. The summed E-state index contributed by atoms with van der Waals surface area (Å²) >= 11 is 0. The minimum atomic E-state index is -3.17. The van der Waals surface area contributed by atoms with Crippen molar-refractivity contribution in [3.05, 3.63) is 36.8 Å². The topological polar surface area (TPSA) is 94.0 Å². The Balaban J connectivity index is 1.53. The zero-order chi connectivity index (χ0) is 17.0. The van der Waals surface area contributed by atoms with E-state index in [2.05, 4.69) is 15.4 Å². The maximum absolute atomic E-state index is 12.2. The molecule has 1 saturated carbocycles. The number of amides is 1. The van der Waals surface area contributed by atoms with Crippen LogP contribution in [0, 0.1) is 0 Å². The normalized spacial score (nSPS) is 15.5. The van der Waals surface area contributed by atoms with Crippen molar-refractivity contribution in [3.63, 3.8) is 0 Å². The Morgan fingerprint density at radius 1 is 1.29 bits per heavy atom. The summed E-state index contributed by atoms with van der Waals surface area (Å²) in [5, 5.41) is 6.49. The maximum atomic E-state index is 12.2. The third kappa shape index (κ3) is 4.00. The van der Waals surface area contributed by atoms with Crippen molar-refractivity contribution >= 4 is 21.4 Å². The van der Waals surface area contributed by atoms with Crippen molar-refractivity contribution in [3.8, 4) is 5.82 Å². The van der Waals surface area contributed by atoms with Crippen molar-refractivity contribution in [2.75, 3.05) is 11.1 Å². The van der Waals surface area contributed by atoms with Gasteiger partial charge < -0.3 is 5.32 Å². The first-order valence-electron chi connectivity index (χ1n) is 8.02. The van der Waals surface area contributed by atoms with Crippen LogP contribution in [-0.2, 0) is 14.6 Å². The monoisotopic (exact) mass is 348 g/mol. The Bertz CT molecular complexity index is 779. The number of hydrogen-bond acceptors (Lipinski definition) is 5. The molecule has 7 nitrogen and oxygen atoms in total. The van der Waals surface area contributed by atoms with E-state index in [0.29, 0.717) is 11.5 Å². The van der Waals surface area contributed by atoms with Gasteiger partial charge in [0.05, 0.1) is 22.9 Å². The van der Waals surface area contributed by atoms with E-state index in [1.165, 1.54) is 6.20 Å². The van der Waals surface area contributed by atoms with Crippen LogP contribution in [-0.4, -0.2) is 40.1 Å². The number of nitrogens with zero attached hydrogens (tertiary/aromatic N) is 3. The van der Waals surface area contributed by atoms with E-state index >= 15 is 0 Å². The van der Waals surface area contributed by atoms with Crippen molar-refractivity contribution in [2.45, 2.75) is 37.4 Å². The lowest BCUT2D eigenvalue weighted by Gasteiger charge is -2.11. The summed E-state index contributed by atoms with van der Waals surface area (Å²) in [5.74, 6) is 0.231. The van der Waals surface area contributed by atoms with E-state index in [1.807, 2.05) is 0 Å². The third-order valence-corrected chi connectivity index (χ3v) is 6.45. The van der Waals surface area contributed by atoms with Crippen LogP contribution < -0.4 is 5.32 Å². The summed E-state index contributed by atoms with van der Waals surface area (Å²) in [4.78, 5) is 16.2. The molecule has 8 heteroatoms. The van der Waals surface area contributed by atoms with Gasteiger partial charge in [0.2, 0.25) is 5.91 Å². The minimum absolute atomic E-state index is 0.0280. The first-order chi connectivity index (χ1) is 11.5. The molecule has 1 aliphatic carbocycles. The van der Waals surface area contributed by atoms with Crippen LogP contribution in [0.1, 0.15) is 32.1 Å². The fourth-order valence-electron chi connectivity index (χ4n) is 2.87. The first kappa shape index (κ1) is 16.6. The van der Waals surface area contributed by atoms with Crippen LogP contribution in [0.5, 0.6) is 0 Å². The maximum Gasteiger partial charge on any atom is 0.225 e. The van der Waals surface area contributed by atoms with E-state index in [1.54, 1.807) is 35.3 Å². The second kappa shape index (κ2) is 7.12. The standard InChI is InChI=1S/C16H20N4O3S/c21-16(8-11-24(22,23)14-4-1-2-5-14)19-13-6-7-15(17-12-13)20-10-3-9-18-20/h3,6-7,9-10,12,14H,1-2,4-5,8,11H2,(H,19,21). The number of anilines is 1. The second-order valence-electron chi connectivity index (χ2n) is 5.93. The predicted molar refractivity (Wildman–Crippen MR) is 90.6 cm³/mol. The second-order valence-corrected chi connectivity index (χ2v) is 8.33. The highest BCUT2D eigenvalue weighted by atomic mass is 32.2. The Labute approximate surface area is 141 Å². The van der Waals surface area contributed by atoms with Gasteiger partial charge in [-0.2, -0.15) is 5.10 Å². The molecule has 1 fully saturated rings. The van der Waals surface area contributed by atoms with Gasteiger partial charge in [-0.25, -0.2) is 18.1 Å². The summed E-state index contributed by atoms with van der Waals surface area (Å²) in [5.41, 5.74) is 0.536. The number of rotatable bonds is 6. The molecule has 0 radical (unpaired) electrons. The number of hydrogen-bond donors (Lipinski definition) is 1. The molecule has 0 saturated heterocycles. The van der Waals surface area contributed by atoms with Gasteiger partial charge in [-0.15, -0.1) is 0 Å². The number of nitrogens with one attached hydrogen (secondary N) is 1. The molecule has 0 unspecified atom stereocenters. The first-order valence-corrected chi connectivity index (χ1v) is 9.74. The van der Waals surface area contributed by atoms with Crippen molar-refractivity contribution in [2.24, 2.45) is 0 Å². The Morgan fingerprint density at radius 3 is 2.71 bits per heavy atom. The van der Waals surface area contributed by atoms with Gasteiger partial charge in [-0.1, -0.05) is 12.8 Å². The van der Waals surface area contributed by atoms with Gasteiger partial charge in [-0.05, 0) is 31.0 Å². The molecule has 0 bridgehead atoms. The van der Waals surface area contributed by atoms with E-state index < -0.39 is 9.84 Å². The lowest BCUT2D eigenvalue weighted by Crippen LogP contribution is -2.24. The molecule has 128 valence electrons. The summed E-state index contributed by atoms with van der Waals surface area (Å²) in [6.45, 7) is 0. The molecular weight excluding hydrogens is 328 g/mol. The summed E-state index contributed by atoms with van der Waals surface area (Å²) in [6, 6.07) is 5.24. The number of carbonyl (C=O) groups is 1. The van der Waals surface area contributed by atoms with Crippen LogP contribution in [0.4, 0.5) is 5.69 Å². The number of carbonyl (C=O) groups excluding carboxylic acids is 1. The zero-order valence-corrected chi connectivity index (χ0v) is 14.1. The average Bonchev–Trinajstić information content (AvgIpc) is 3.27. The number of aromatic nitrogens is 3. The summed E-state index contributed by atoms with van der Waals surface area (Å²) in [6.07, 6.45) is 8.30. The largest absolute Gasteiger partial charge is 0.325 e. The number of pyridine rings is 1. The predicted octanol–water partition coefficient (Wildman–Crippen LogP) is 1.95. The molecule has 1 N–H and O–H groups in total.